The number of carbonyl (C=O) groups excluding carboxylic acids is 1. The molecule has 0 aliphatic heterocycles. The van der Waals surface area contributed by atoms with Crippen LogP contribution in [0.25, 0.3) is 0 Å². The minimum Gasteiger partial charge on any atom is -0.389 e. The van der Waals surface area contributed by atoms with Crippen LogP contribution in [-0.2, 0) is 11.3 Å². The maximum atomic E-state index is 11.1. The number of nitrogens with two attached hydrogens (primary N) is 1. The first-order valence-corrected chi connectivity index (χ1v) is 6.21. The molecule has 0 heterocycles. The van der Waals surface area contributed by atoms with Crippen LogP contribution >= 0.6 is 12.2 Å². The summed E-state index contributed by atoms with van der Waals surface area (Å²) in [7, 11) is 3.64. The molecule has 3 N–H and O–H groups in total. The summed E-state index contributed by atoms with van der Waals surface area (Å²) in [5.41, 5.74) is 7.59. The van der Waals surface area contributed by atoms with E-state index < -0.39 is 0 Å². The highest BCUT2D eigenvalue weighted by Gasteiger charge is 2.04. The van der Waals surface area contributed by atoms with E-state index in [0.717, 1.165) is 18.7 Å². The lowest BCUT2D eigenvalue weighted by Crippen LogP contribution is -2.26. The second-order valence-corrected chi connectivity index (χ2v) is 4.66. The molecular formula is C13H19N3OS. The van der Waals surface area contributed by atoms with Gasteiger partial charge in [-0.25, -0.2) is 0 Å². The molecular weight excluding hydrogens is 246 g/mol. The fraction of sp³-hybridized carbons (Fsp3) is 0.385. The molecule has 18 heavy (non-hydrogen) atoms. The third kappa shape index (κ3) is 4.81. The van der Waals surface area contributed by atoms with Crippen LogP contribution in [0.4, 0.5) is 0 Å². The Labute approximate surface area is 113 Å². The van der Waals surface area contributed by atoms with E-state index in [4.69, 9.17) is 18.0 Å². The Morgan fingerprint density at radius 3 is 2.50 bits per heavy atom. The second-order valence-electron chi connectivity index (χ2n) is 4.22. The average Bonchev–Trinajstić information content (AvgIpc) is 2.36. The molecule has 0 radical (unpaired) electrons. The molecule has 0 bridgehead atoms. The Morgan fingerprint density at radius 2 is 2.00 bits per heavy atom. The van der Waals surface area contributed by atoms with Gasteiger partial charge in [-0.15, -0.1) is 0 Å². The zero-order chi connectivity index (χ0) is 13.5. The predicted molar refractivity (Wildman–Crippen MR) is 77.3 cm³/mol. The molecule has 4 nitrogen and oxygen atoms in total. The van der Waals surface area contributed by atoms with Gasteiger partial charge in [0.2, 0.25) is 5.91 Å². The normalized spacial score (nSPS) is 10.4. The largest absolute Gasteiger partial charge is 0.389 e. The molecule has 0 saturated heterocycles. The SMILES string of the molecule is CNC(=O)CCN(C)Cc1ccc(C(N)=S)cc1. The van der Waals surface area contributed by atoms with Crippen LogP contribution in [0, 0.1) is 0 Å². The molecule has 0 atom stereocenters. The molecule has 0 unspecified atom stereocenters. The summed E-state index contributed by atoms with van der Waals surface area (Å²) in [5.74, 6) is 0.0608. The molecule has 98 valence electrons. The van der Waals surface area contributed by atoms with E-state index in [1.807, 2.05) is 31.3 Å². The van der Waals surface area contributed by atoms with Gasteiger partial charge in [-0.2, -0.15) is 0 Å². The number of amides is 1. The summed E-state index contributed by atoms with van der Waals surface area (Å²) in [4.78, 5) is 13.6. The van der Waals surface area contributed by atoms with Gasteiger partial charge in [-0.3, -0.25) is 4.79 Å². The van der Waals surface area contributed by atoms with E-state index >= 15 is 0 Å². The van der Waals surface area contributed by atoms with Crippen molar-refractivity contribution in [3.8, 4) is 0 Å². The number of rotatable bonds is 6. The Hall–Kier alpha value is -1.46. The van der Waals surface area contributed by atoms with Crippen molar-refractivity contribution in [2.75, 3.05) is 20.6 Å². The molecule has 0 aliphatic carbocycles. The smallest absolute Gasteiger partial charge is 0.221 e. The van der Waals surface area contributed by atoms with Crippen molar-refractivity contribution in [1.82, 2.24) is 10.2 Å². The molecule has 1 aromatic rings. The minimum atomic E-state index is 0.0608. The summed E-state index contributed by atoms with van der Waals surface area (Å²) < 4.78 is 0. The number of benzene rings is 1. The summed E-state index contributed by atoms with van der Waals surface area (Å²) in [5, 5.41) is 2.61. The fourth-order valence-corrected chi connectivity index (χ4v) is 1.72. The third-order valence-corrected chi connectivity index (χ3v) is 2.93. The zero-order valence-electron chi connectivity index (χ0n) is 10.8. The highest BCUT2D eigenvalue weighted by atomic mass is 32.1. The topological polar surface area (TPSA) is 58.4 Å². The van der Waals surface area contributed by atoms with Gasteiger partial charge in [0.05, 0.1) is 0 Å². The van der Waals surface area contributed by atoms with Gasteiger partial charge in [0.1, 0.15) is 4.99 Å². The molecule has 1 rings (SSSR count). The van der Waals surface area contributed by atoms with Gasteiger partial charge in [0.15, 0.2) is 0 Å². The molecule has 0 aliphatic rings. The van der Waals surface area contributed by atoms with Gasteiger partial charge < -0.3 is 16.0 Å². The summed E-state index contributed by atoms with van der Waals surface area (Å²) in [6.07, 6.45) is 0.512. The highest BCUT2D eigenvalue weighted by molar-refractivity contribution is 7.80. The van der Waals surface area contributed by atoms with Crippen molar-refractivity contribution >= 4 is 23.1 Å². The Morgan fingerprint density at radius 1 is 1.39 bits per heavy atom. The van der Waals surface area contributed by atoms with Crippen molar-refractivity contribution < 1.29 is 4.79 Å². The van der Waals surface area contributed by atoms with Crippen LogP contribution in [0.5, 0.6) is 0 Å². The quantitative estimate of drug-likeness (QED) is 0.750. The number of hydrogen-bond donors (Lipinski definition) is 2. The first-order valence-electron chi connectivity index (χ1n) is 5.81. The van der Waals surface area contributed by atoms with E-state index in [1.54, 1.807) is 7.05 Å². The maximum Gasteiger partial charge on any atom is 0.221 e. The van der Waals surface area contributed by atoms with E-state index in [0.29, 0.717) is 11.4 Å². The van der Waals surface area contributed by atoms with Crippen LogP contribution < -0.4 is 11.1 Å². The van der Waals surface area contributed by atoms with Gasteiger partial charge in [-0.1, -0.05) is 36.5 Å². The molecule has 0 spiro atoms. The summed E-state index contributed by atoms with van der Waals surface area (Å²) >= 11 is 4.90. The molecule has 0 saturated carbocycles. The number of nitrogens with one attached hydrogen (secondary N) is 1. The Balaban J connectivity index is 2.46. The zero-order valence-corrected chi connectivity index (χ0v) is 11.6. The molecule has 5 heteroatoms. The van der Waals surface area contributed by atoms with Gasteiger partial charge in [-0.05, 0) is 12.6 Å². The lowest BCUT2D eigenvalue weighted by Gasteiger charge is -2.16. The molecule has 0 fully saturated rings. The van der Waals surface area contributed by atoms with Crippen LogP contribution in [0.1, 0.15) is 17.5 Å². The van der Waals surface area contributed by atoms with Crippen molar-refractivity contribution in [3.05, 3.63) is 35.4 Å². The molecule has 1 aromatic carbocycles. The minimum absolute atomic E-state index is 0.0608. The van der Waals surface area contributed by atoms with Crippen molar-refractivity contribution in [2.24, 2.45) is 5.73 Å². The van der Waals surface area contributed by atoms with Crippen LogP contribution in [0.2, 0.25) is 0 Å². The van der Waals surface area contributed by atoms with Crippen molar-refractivity contribution in [1.29, 1.82) is 0 Å². The van der Waals surface area contributed by atoms with Crippen LogP contribution in [-0.4, -0.2) is 36.4 Å². The summed E-state index contributed by atoms with van der Waals surface area (Å²) in [6, 6.07) is 7.85. The van der Waals surface area contributed by atoms with Gasteiger partial charge >= 0.3 is 0 Å². The van der Waals surface area contributed by atoms with E-state index in [-0.39, 0.29) is 5.91 Å². The average molecular weight is 265 g/mol. The second kappa shape index (κ2) is 7.08. The monoisotopic (exact) mass is 265 g/mol. The first kappa shape index (κ1) is 14.6. The standard InChI is InChI=1S/C13H19N3OS/c1-15-12(17)7-8-16(2)9-10-3-5-11(6-4-10)13(14)18/h3-6H,7-9H2,1-2H3,(H2,14,18)(H,15,17). The number of thiocarbonyl (C=S) groups is 1. The maximum absolute atomic E-state index is 11.1. The van der Waals surface area contributed by atoms with Crippen LogP contribution in [0.3, 0.4) is 0 Å². The lowest BCUT2D eigenvalue weighted by atomic mass is 10.1. The van der Waals surface area contributed by atoms with Crippen molar-refractivity contribution in [3.63, 3.8) is 0 Å². The predicted octanol–water partition coefficient (Wildman–Crippen LogP) is 0.889. The van der Waals surface area contributed by atoms with Gasteiger partial charge in [0, 0.05) is 32.1 Å². The number of nitrogens with zero attached hydrogens (tertiary/aromatic N) is 1. The highest BCUT2D eigenvalue weighted by Crippen LogP contribution is 2.07. The molecule has 0 aromatic heterocycles. The first-order chi connectivity index (χ1) is 8.52. The van der Waals surface area contributed by atoms with Gasteiger partial charge in [0.25, 0.3) is 0 Å². The summed E-state index contributed by atoms with van der Waals surface area (Å²) in [6.45, 7) is 1.53. The Kier molecular flexibility index (Phi) is 5.74. The number of carbonyl (C=O) groups is 1. The Bertz CT molecular complexity index is 417. The number of hydrogen-bond acceptors (Lipinski definition) is 3. The third-order valence-electron chi connectivity index (χ3n) is 2.69. The van der Waals surface area contributed by atoms with E-state index in [2.05, 4.69) is 10.2 Å². The fourth-order valence-electron chi connectivity index (χ4n) is 1.58. The lowest BCUT2D eigenvalue weighted by molar-refractivity contribution is -0.120. The molecule has 1 amide bonds. The van der Waals surface area contributed by atoms with E-state index in [9.17, 15) is 4.79 Å². The van der Waals surface area contributed by atoms with E-state index in [1.165, 1.54) is 5.56 Å². The van der Waals surface area contributed by atoms with Crippen LogP contribution in [0.15, 0.2) is 24.3 Å². The van der Waals surface area contributed by atoms with Crippen molar-refractivity contribution in [2.45, 2.75) is 13.0 Å².